The van der Waals surface area contributed by atoms with Gasteiger partial charge in [0.15, 0.2) is 0 Å². The first-order chi connectivity index (χ1) is 11.8. The van der Waals surface area contributed by atoms with E-state index in [1.807, 2.05) is 17.5 Å². The number of rotatable bonds is 8. The van der Waals surface area contributed by atoms with Crippen molar-refractivity contribution in [2.45, 2.75) is 31.3 Å². The number of thiophene rings is 1. The summed E-state index contributed by atoms with van der Waals surface area (Å²) in [6, 6.07) is 9.78. The number of carbonyl (C=O) groups is 1. The minimum Gasteiger partial charge on any atom is -0.330 e. The van der Waals surface area contributed by atoms with E-state index in [1.54, 1.807) is 48.3 Å². The van der Waals surface area contributed by atoms with Crippen molar-refractivity contribution in [2.24, 2.45) is 0 Å². The molecule has 0 aliphatic rings. The maximum absolute atomic E-state index is 12.8. The first kappa shape index (κ1) is 19.4. The Kier molecular flexibility index (Phi) is 6.52. The average Bonchev–Trinajstić information content (AvgIpc) is 3.06. The number of benzene rings is 1. The second kappa shape index (κ2) is 8.42. The lowest BCUT2D eigenvalue weighted by Crippen LogP contribution is -2.32. The van der Waals surface area contributed by atoms with E-state index in [0.29, 0.717) is 18.7 Å². The predicted molar refractivity (Wildman–Crippen MR) is 101 cm³/mol. The molecule has 0 bridgehead atoms. The third-order valence-electron chi connectivity index (χ3n) is 3.35. The lowest BCUT2D eigenvalue weighted by Gasteiger charge is -2.21. The SMILES string of the molecule is C=CCN(Cc1cccs1)C(=O)c1cccc(S(=O)(=O)NC(C)C)c1. The van der Waals surface area contributed by atoms with Crippen LogP contribution in [0.25, 0.3) is 0 Å². The van der Waals surface area contributed by atoms with Gasteiger partial charge in [-0.15, -0.1) is 17.9 Å². The van der Waals surface area contributed by atoms with Crippen molar-refractivity contribution >= 4 is 27.3 Å². The van der Waals surface area contributed by atoms with E-state index in [4.69, 9.17) is 0 Å². The van der Waals surface area contributed by atoms with Crippen LogP contribution in [0.4, 0.5) is 0 Å². The van der Waals surface area contributed by atoms with Gasteiger partial charge in [0.05, 0.1) is 11.4 Å². The fourth-order valence-electron chi connectivity index (χ4n) is 2.32. The second-order valence-corrected chi connectivity index (χ2v) is 8.60. The highest BCUT2D eigenvalue weighted by molar-refractivity contribution is 7.89. The van der Waals surface area contributed by atoms with E-state index in [2.05, 4.69) is 11.3 Å². The number of nitrogens with one attached hydrogen (secondary N) is 1. The zero-order valence-electron chi connectivity index (χ0n) is 14.3. The van der Waals surface area contributed by atoms with Crippen LogP contribution in [0, 0.1) is 0 Å². The molecule has 0 radical (unpaired) electrons. The molecule has 25 heavy (non-hydrogen) atoms. The van der Waals surface area contributed by atoms with Gasteiger partial charge >= 0.3 is 0 Å². The Hall–Kier alpha value is -1.96. The summed E-state index contributed by atoms with van der Waals surface area (Å²) in [5.41, 5.74) is 0.338. The number of nitrogens with zero attached hydrogens (tertiary/aromatic N) is 1. The van der Waals surface area contributed by atoms with Gasteiger partial charge in [-0.3, -0.25) is 4.79 Å². The Bertz CT molecular complexity index is 828. The highest BCUT2D eigenvalue weighted by Gasteiger charge is 2.20. The zero-order chi connectivity index (χ0) is 18.4. The Morgan fingerprint density at radius 3 is 2.68 bits per heavy atom. The fraction of sp³-hybridized carbons (Fsp3) is 0.278. The number of sulfonamides is 1. The molecule has 1 aromatic carbocycles. The Morgan fingerprint density at radius 1 is 1.32 bits per heavy atom. The molecule has 134 valence electrons. The Morgan fingerprint density at radius 2 is 2.08 bits per heavy atom. The lowest BCUT2D eigenvalue weighted by atomic mass is 10.2. The summed E-state index contributed by atoms with van der Waals surface area (Å²) in [5.74, 6) is -0.227. The minimum atomic E-state index is -3.64. The quantitative estimate of drug-likeness (QED) is 0.717. The van der Waals surface area contributed by atoms with Gasteiger partial charge in [-0.05, 0) is 43.5 Å². The van der Waals surface area contributed by atoms with E-state index in [0.717, 1.165) is 4.88 Å². The first-order valence-electron chi connectivity index (χ1n) is 7.88. The van der Waals surface area contributed by atoms with Gasteiger partial charge in [0.1, 0.15) is 0 Å². The topological polar surface area (TPSA) is 66.5 Å². The largest absolute Gasteiger partial charge is 0.330 e. The van der Waals surface area contributed by atoms with Crippen molar-refractivity contribution in [3.8, 4) is 0 Å². The van der Waals surface area contributed by atoms with Crippen LogP contribution in [-0.2, 0) is 16.6 Å². The molecular weight excluding hydrogens is 356 g/mol. The monoisotopic (exact) mass is 378 g/mol. The van der Waals surface area contributed by atoms with Gasteiger partial charge in [-0.25, -0.2) is 13.1 Å². The van der Waals surface area contributed by atoms with Crippen molar-refractivity contribution < 1.29 is 13.2 Å². The molecule has 1 aromatic heterocycles. The summed E-state index contributed by atoms with van der Waals surface area (Å²) < 4.78 is 27.2. The molecule has 0 fully saturated rings. The van der Waals surface area contributed by atoms with E-state index in [9.17, 15) is 13.2 Å². The Labute approximate surface area is 153 Å². The molecule has 0 aliphatic heterocycles. The van der Waals surface area contributed by atoms with Gasteiger partial charge in [0, 0.05) is 23.0 Å². The average molecular weight is 379 g/mol. The van der Waals surface area contributed by atoms with Crippen molar-refractivity contribution in [3.63, 3.8) is 0 Å². The first-order valence-corrected chi connectivity index (χ1v) is 10.2. The summed E-state index contributed by atoms with van der Waals surface area (Å²) in [5, 5.41) is 1.96. The van der Waals surface area contributed by atoms with Crippen LogP contribution in [0.15, 0.2) is 59.3 Å². The van der Waals surface area contributed by atoms with Gasteiger partial charge in [0.2, 0.25) is 10.0 Å². The van der Waals surface area contributed by atoms with E-state index in [1.165, 1.54) is 12.1 Å². The van der Waals surface area contributed by atoms with Gasteiger partial charge in [-0.1, -0.05) is 18.2 Å². The van der Waals surface area contributed by atoms with Crippen LogP contribution in [0.5, 0.6) is 0 Å². The van der Waals surface area contributed by atoms with Crippen LogP contribution < -0.4 is 4.72 Å². The Balaban J connectivity index is 2.28. The highest BCUT2D eigenvalue weighted by atomic mass is 32.2. The molecule has 7 heteroatoms. The van der Waals surface area contributed by atoms with E-state index >= 15 is 0 Å². The number of hydrogen-bond donors (Lipinski definition) is 1. The molecule has 0 aliphatic carbocycles. The smallest absolute Gasteiger partial charge is 0.254 e. The minimum absolute atomic E-state index is 0.0849. The molecule has 2 aromatic rings. The standard InChI is InChI=1S/C18H22N2O3S2/c1-4-10-20(13-16-8-6-11-24-16)18(21)15-7-5-9-17(12-15)25(22,23)19-14(2)3/h4-9,11-12,14,19H,1,10,13H2,2-3H3. The van der Waals surface area contributed by atoms with Crippen molar-refractivity contribution in [2.75, 3.05) is 6.54 Å². The molecule has 1 N–H and O–H groups in total. The van der Waals surface area contributed by atoms with Crippen LogP contribution in [0.2, 0.25) is 0 Å². The normalized spacial score (nSPS) is 11.5. The van der Waals surface area contributed by atoms with Gasteiger partial charge in [0.25, 0.3) is 5.91 Å². The maximum atomic E-state index is 12.8. The van der Waals surface area contributed by atoms with E-state index in [-0.39, 0.29) is 16.8 Å². The summed E-state index contributed by atoms with van der Waals surface area (Å²) in [6.45, 7) is 8.05. The van der Waals surface area contributed by atoms with Crippen molar-refractivity contribution in [1.82, 2.24) is 9.62 Å². The molecule has 0 saturated heterocycles. The van der Waals surface area contributed by atoms with Crippen LogP contribution in [-0.4, -0.2) is 31.8 Å². The predicted octanol–water partition coefficient (Wildman–Crippen LogP) is 3.26. The summed E-state index contributed by atoms with van der Waals surface area (Å²) in [7, 11) is -3.64. The fourth-order valence-corrected chi connectivity index (χ4v) is 4.34. The molecule has 0 unspecified atom stereocenters. The highest BCUT2D eigenvalue weighted by Crippen LogP contribution is 2.17. The molecule has 0 atom stereocenters. The molecule has 1 heterocycles. The van der Waals surface area contributed by atoms with Gasteiger partial charge in [-0.2, -0.15) is 0 Å². The van der Waals surface area contributed by atoms with Crippen LogP contribution in [0.3, 0.4) is 0 Å². The molecule has 0 spiro atoms. The van der Waals surface area contributed by atoms with Crippen LogP contribution >= 0.6 is 11.3 Å². The second-order valence-electron chi connectivity index (χ2n) is 5.86. The van der Waals surface area contributed by atoms with Crippen LogP contribution in [0.1, 0.15) is 29.1 Å². The third kappa shape index (κ3) is 5.26. The number of amides is 1. The summed E-state index contributed by atoms with van der Waals surface area (Å²) in [4.78, 5) is 15.6. The van der Waals surface area contributed by atoms with Gasteiger partial charge < -0.3 is 4.90 Å². The lowest BCUT2D eigenvalue weighted by molar-refractivity contribution is 0.0764. The zero-order valence-corrected chi connectivity index (χ0v) is 15.9. The molecular formula is C18H22N2O3S2. The van der Waals surface area contributed by atoms with Crippen molar-refractivity contribution in [1.29, 1.82) is 0 Å². The van der Waals surface area contributed by atoms with Crippen molar-refractivity contribution in [3.05, 3.63) is 64.9 Å². The number of hydrogen-bond acceptors (Lipinski definition) is 4. The number of carbonyl (C=O) groups excluding carboxylic acids is 1. The summed E-state index contributed by atoms with van der Waals surface area (Å²) in [6.07, 6.45) is 1.66. The van der Waals surface area contributed by atoms with E-state index < -0.39 is 10.0 Å². The molecule has 0 saturated carbocycles. The third-order valence-corrected chi connectivity index (χ3v) is 5.86. The summed E-state index contributed by atoms with van der Waals surface area (Å²) >= 11 is 1.57. The molecule has 2 rings (SSSR count). The maximum Gasteiger partial charge on any atom is 0.254 e. The molecule has 5 nitrogen and oxygen atoms in total. The molecule has 1 amide bonds.